The third-order valence-electron chi connectivity index (χ3n) is 1.61. The van der Waals surface area contributed by atoms with Crippen LogP contribution in [-0.2, 0) is 0 Å². The van der Waals surface area contributed by atoms with Crippen molar-refractivity contribution in [1.82, 2.24) is 0 Å². The summed E-state index contributed by atoms with van der Waals surface area (Å²) in [7, 11) is 0. The number of nitro benzene ring substituents is 2. The molecule has 0 unspecified atom stereocenters. The number of nitrogens with zero attached hydrogens (tertiary/aromatic N) is 2. The largest absolute Gasteiger partial charge is 0.288 e. The molecule has 7 nitrogen and oxygen atoms in total. The molecule has 0 aromatic heterocycles. The van der Waals surface area contributed by atoms with Crippen LogP contribution in [0.2, 0.25) is 0 Å². The van der Waals surface area contributed by atoms with E-state index >= 15 is 0 Å². The number of hydrogen-bond acceptors (Lipinski definition) is 5. The van der Waals surface area contributed by atoms with E-state index in [2.05, 4.69) is 0 Å². The SMILES string of the molecule is O=C(Cl)c1c([N+](=O)[O-])cccc1[N+](=O)[O-]. The van der Waals surface area contributed by atoms with Gasteiger partial charge in [0.25, 0.3) is 16.6 Å². The first-order valence-electron chi connectivity index (χ1n) is 3.56. The Kier molecular flexibility index (Phi) is 2.96. The normalized spacial score (nSPS) is 9.67. The smallest absolute Gasteiger partial charge is 0.275 e. The minimum Gasteiger partial charge on any atom is -0.275 e. The molecule has 15 heavy (non-hydrogen) atoms. The standard InChI is InChI=1S/C7H3ClN2O5/c8-7(11)6-4(9(12)13)2-1-3-5(6)10(14)15/h1-3H. The molecule has 0 radical (unpaired) electrons. The Hall–Kier alpha value is -2.02. The van der Waals surface area contributed by atoms with Crippen LogP contribution in [-0.4, -0.2) is 15.1 Å². The molecular formula is C7H3ClN2O5. The summed E-state index contributed by atoms with van der Waals surface area (Å²) in [6.45, 7) is 0. The fourth-order valence-electron chi connectivity index (χ4n) is 1.03. The van der Waals surface area contributed by atoms with E-state index in [1.54, 1.807) is 0 Å². The molecular weight excluding hydrogens is 228 g/mol. The van der Waals surface area contributed by atoms with Crippen molar-refractivity contribution < 1.29 is 14.6 Å². The molecule has 0 saturated carbocycles. The van der Waals surface area contributed by atoms with Crippen LogP contribution < -0.4 is 0 Å². The predicted molar refractivity (Wildman–Crippen MR) is 49.9 cm³/mol. The molecule has 0 spiro atoms. The topological polar surface area (TPSA) is 103 Å². The van der Waals surface area contributed by atoms with Gasteiger partial charge in [0.2, 0.25) is 0 Å². The van der Waals surface area contributed by atoms with Crippen molar-refractivity contribution in [3.8, 4) is 0 Å². The van der Waals surface area contributed by atoms with Crippen molar-refractivity contribution in [2.24, 2.45) is 0 Å². The van der Waals surface area contributed by atoms with E-state index in [0.717, 1.165) is 18.2 Å². The zero-order valence-corrected chi connectivity index (χ0v) is 7.80. The third kappa shape index (κ3) is 2.08. The first-order valence-corrected chi connectivity index (χ1v) is 3.94. The van der Waals surface area contributed by atoms with Crippen LogP contribution in [0.25, 0.3) is 0 Å². The number of carbonyl (C=O) groups excluding carboxylic acids is 1. The summed E-state index contributed by atoms with van der Waals surface area (Å²) in [6, 6.07) is 3.06. The van der Waals surface area contributed by atoms with Gasteiger partial charge in [-0.15, -0.1) is 0 Å². The van der Waals surface area contributed by atoms with Crippen LogP contribution in [0.3, 0.4) is 0 Å². The average Bonchev–Trinajstić information content (AvgIpc) is 2.16. The summed E-state index contributed by atoms with van der Waals surface area (Å²) in [5.41, 5.74) is -2.05. The van der Waals surface area contributed by atoms with E-state index in [-0.39, 0.29) is 0 Å². The Labute approximate surface area is 87.6 Å². The molecule has 0 fully saturated rings. The molecule has 8 heteroatoms. The van der Waals surface area contributed by atoms with Gasteiger partial charge in [0.15, 0.2) is 5.56 Å². The average molecular weight is 231 g/mol. The summed E-state index contributed by atoms with van der Waals surface area (Å²) in [6.07, 6.45) is 0. The Morgan fingerprint density at radius 3 is 1.80 bits per heavy atom. The fraction of sp³-hybridized carbons (Fsp3) is 0. The van der Waals surface area contributed by atoms with Gasteiger partial charge >= 0.3 is 0 Å². The van der Waals surface area contributed by atoms with Crippen LogP contribution in [0.4, 0.5) is 11.4 Å². The van der Waals surface area contributed by atoms with Crippen molar-refractivity contribution in [2.45, 2.75) is 0 Å². The van der Waals surface area contributed by atoms with Gasteiger partial charge in [-0.25, -0.2) is 0 Å². The zero-order valence-electron chi connectivity index (χ0n) is 7.05. The molecule has 0 N–H and O–H groups in total. The summed E-state index contributed by atoms with van der Waals surface area (Å²) >= 11 is 5.05. The monoisotopic (exact) mass is 230 g/mol. The lowest BCUT2D eigenvalue weighted by Gasteiger charge is -1.98. The van der Waals surface area contributed by atoms with Crippen molar-refractivity contribution in [1.29, 1.82) is 0 Å². The van der Waals surface area contributed by atoms with Gasteiger partial charge in [0, 0.05) is 12.1 Å². The first-order chi connectivity index (χ1) is 6.95. The maximum atomic E-state index is 10.9. The number of carbonyl (C=O) groups is 1. The summed E-state index contributed by atoms with van der Waals surface area (Å²) in [5, 5.41) is 19.7. The molecule has 0 amide bonds. The summed E-state index contributed by atoms with van der Waals surface area (Å²) < 4.78 is 0. The molecule has 78 valence electrons. The molecule has 0 bridgehead atoms. The van der Waals surface area contributed by atoms with E-state index in [0.29, 0.717) is 0 Å². The third-order valence-corrected chi connectivity index (χ3v) is 1.80. The highest BCUT2D eigenvalue weighted by molar-refractivity contribution is 6.68. The Balaban J connectivity index is 3.56. The number of benzene rings is 1. The van der Waals surface area contributed by atoms with Crippen molar-refractivity contribution in [2.75, 3.05) is 0 Å². The Morgan fingerprint density at radius 1 is 1.13 bits per heavy atom. The maximum Gasteiger partial charge on any atom is 0.288 e. The quantitative estimate of drug-likeness (QED) is 0.448. The number of nitro groups is 2. The summed E-state index contributed by atoms with van der Waals surface area (Å²) in [5.74, 6) is 0. The highest BCUT2D eigenvalue weighted by Crippen LogP contribution is 2.29. The number of rotatable bonds is 3. The van der Waals surface area contributed by atoms with E-state index in [4.69, 9.17) is 11.6 Å². The van der Waals surface area contributed by atoms with E-state index in [9.17, 15) is 25.0 Å². The fourth-order valence-corrected chi connectivity index (χ4v) is 1.23. The number of halogens is 1. The Bertz CT molecular complexity index is 426. The predicted octanol–water partition coefficient (Wildman–Crippen LogP) is 1.88. The molecule has 0 atom stereocenters. The van der Waals surface area contributed by atoms with Crippen LogP contribution in [0.1, 0.15) is 10.4 Å². The lowest BCUT2D eigenvalue weighted by atomic mass is 10.1. The molecule has 0 aliphatic carbocycles. The maximum absolute atomic E-state index is 10.9. The molecule has 0 saturated heterocycles. The molecule has 0 heterocycles. The second kappa shape index (κ2) is 4.01. The van der Waals surface area contributed by atoms with Crippen LogP contribution in [0.5, 0.6) is 0 Å². The highest BCUT2D eigenvalue weighted by Gasteiger charge is 2.28. The second-order valence-corrected chi connectivity index (χ2v) is 2.80. The van der Waals surface area contributed by atoms with Gasteiger partial charge in [-0.05, 0) is 17.7 Å². The van der Waals surface area contributed by atoms with Gasteiger partial charge in [0.05, 0.1) is 9.85 Å². The van der Waals surface area contributed by atoms with Gasteiger partial charge < -0.3 is 0 Å². The van der Waals surface area contributed by atoms with Gasteiger partial charge in [-0.3, -0.25) is 25.0 Å². The van der Waals surface area contributed by atoms with E-state index in [1.165, 1.54) is 0 Å². The van der Waals surface area contributed by atoms with Crippen molar-refractivity contribution in [3.05, 3.63) is 44.0 Å². The molecule has 0 aliphatic heterocycles. The molecule has 0 aliphatic rings. The molecule has 1 rings (SSSR count). The zero-order chi connectivity index (χ0) is 11.6. The molecule has 1 aromatic rings. The minimum atomic E-state index is -1.23. The lowest BCUT2D eigenvalue weighted by molar-refractivity contribution is -0.394. The van der Waals surface area contributed by atoms with Crippen LogP contribution in [0, 0.1) is 20.2 Å². The van der Waals surface area contributed by atoms with Crippen molar-refractivity contribution >= 4 is 28.2 Å². The van der Waals surface area contributed by atoms with E-state index in [1.807, 2.05) is 0 Å². The van der Waals surface area contributed by atoms with Gasteiger partial charge in [-0.2, -0.15) is 0 Å². The first kappa shape index (κ1) is 11.1. The highest BCUT2D eigenvalue weighted by atomic mass is 35.5. The Morgan fingerprint density at radius 2 is 1.53 bits per heavy atom. The lowest BCUT2D eigenvalue weighted by Crippen LogP contribution is -2.03. The number of hydrogen-bond donors (Lipinski definition) is 0. The van der Waals surface area contributed by atoms with Crippen molar-refractivity contribution in [3.63, 3.8) is 0 Å². The minimum absolute atomic E-state index is 0.677. The second-order valence-electron chi connectivity index (χ2n) is 2.46. The van der Waals surface area contributed by atoms with E-state index < -0.39 is 32.0 Å². The molecule has 1 aromatic carbocycles. The van der Waals surface area contributed by atoms with Crippen LogP contribution >= 0.6 is 11.6 Å². The van der Waals surface area contributed by atoms with Gasteiger partial charge in [0.1, 0.15) is 0 Å². The van der Waals surface area contributed by atoms with Crippen LogP contribution in [0.15, 0.2) is 18.2 Å². The van der Waals surface area contributed by atoms with Gasteiger partial charge in [-0.1, -0.05) is 0 Å². The summed E-state index contributed by atoms with van der Waals surface area (Å²) in [4.78, 5) is 30.0.